The molecule has 0 amide bonds. The lowest BCUT2D eigenvalue weighted by atomic mass is 9.84. The van der Waals surface area contributed by atoms with E-state index in [2.05, 4.69) is 24.0 Å². The lowest BCUT2D eigenvalue weighted by Crippen LogP contribution is -2.32. The summed E-state index contributed by atoms with van der Waals surface area (Å²) in [5.74, 6) is 0.314. The maximum absolute atomic E-state index is 13.8. The summed E-state index contributed by atoms with van der Waals surface area (Å²) < 4.78 is 5.86. The highest BCUT2D eigenvalue weighted by Gasteiger charge is 2.39. The number of nitrogens with one attached hydrogen (secondary N) is 1. The van der Waals surface area contributed by atoms with Crippen LogP contribution in [0.1, 0.15) is 80.8 Å². The Labute approximate surface area is 242 Å². The molecule has 4 rings (SSSR count). The number of hydrogen-bond acceptors (Lipinski definition) is 5. The number of carboxylic acids is 1. The molecule has 2 aromatic carbocycles. The normalized spacial score (nSPS) is 19.2. The zero-order valence-corrected chi connectivity index (χ0v) is 25.2. The molecule has 7 nitrogen and oxygen atoms in total. The Morgan fingerprint density at radius 3 is 2.36 bits per heavy atom. The number of likely N-dealkylation sites (tertiary alicyclic amines) is 1. The van der Waals surface area contributed by atoms with E-state index in [9.17, 15) is 14.7 Å². The minimum atomic E-state index is -1.03. The first-order chi connectivity index (χ1) is 18.1. The summed E-state index contributed by atoms with van der Waals surface area (Å²) in [6.07, 6.45) is 4.14. The molecule has 0 aliphatic carbocycles. The topological polar surface area (TPSA) is 93.9 Å². The molecule has 0 bridgehead atoms. The molecule has 2 aliphatic heterocycles. The van der Waals surface area contributed by atoms with Gasteiger partial charge >= 0.3 is 5.97 Å². The van der Waals surface area contributed by atoms with Crippen molar-refractivity contribution in [2.24, 2.45) is 5.92 Å². The molecule has 212 valence electrons. The van der Waals surface area contributed by atoms with Crippen LogP contribution in [0.3, 0.4) is 0 Å². The number of halogens is 1. The van der Waals surface area contributed by atoms with E-state index in [4.69, 9.17) is 10.1 Å². The summed E-state index contributed by atoms with van der Waals surface area (Å²) >= 11 is 0. The third kappa shape index (κ3) is 7.02. The second-order valence-electron chi connectivity index (χ2n) is 11.6. The van der Waals surface area contributed by atoms with Gasteiger partial charge in [-0.1, -0.05) is 64.4 Å². The van der Waals surface area contributed by atoms with Gasteiger partial charge in [0.1, 0.15) is 11.6 Å². The number of nitrogens with zero attached hydrogens (tertiary/aromatic N) is 2. The molecule has 2 heterocycles. The first-order valence-corrected chi connectivity index (χ1v) is 13.8. The van der Waals surface area contributed by atoms with E-state index in [1.807, 2.05) is 56.0 Å². The molecule has 8 heteroatoms. The van der Waals surface area contributed by atoms with Gasteiger partial charge in [0.2, 0.25) is 0 Å². The Morgan fingerprint density at radius 1 is 1.10 bits per heavy atom. The average molecular weight is 601 g/mol. The van der Waals surface area contributed by atoms with Gasteiger partial charge in [0.25, 0.3) is 0 Å². The summed E-state index contributed by atoms with van der Waals surface area (Å²) in [4.78, 5) is 29.3. The van der Waals surface area contributed by atoms with Crippen molar-refractivity contribution in [3.05, 3.63) is 59.2 Å². The Kier molecular flexibility index (Phi) is 10.2. The first kappa shape index (κ1) is 30.7. The predicted molar refractivity (Wildman–Crippen MR) is 161 cm³/mol. The van der Waals surface area contributed by atoms with Crippen molar-refractivity contribution in [2.45, 2.75) is 64.7 Å². The number of amidine groups is 1. The summed E-state index contributed by atoms with van der Waals surface area (Å²) in [6.45, 7) is 10.4. The molecule has 2 aromatic rings. The van der Waals surface area contributed by atoms with Crippen LogP contribution in [-0.4, -0.2) is 60.4 Å². The molecule has 2 saturated heterocycles. The van der Waals surface area contributed by atoms with Gasteiger partial charge in [0, 0.05) is 36.7 Å². The number of benzene rings is 2. The van der Waals surface area contributed by atoms with Crippen LogP contribution in [0, 0.1) is 11.3 Å². The Hall–Kier alpha value is -2.87. The molecule has 0 radical (unpaired) electrons. The Bertz CT molecular complexity index is 1170. The van der Waals surface area contributed by atoms with Crippen molar-refractivity contribution in [1.82, 2.24) is 4.90 Å². The van der Waals surface area contributed by atoms with E-state index in [0.717, 1.165) is 55.6 Å². The van der Waals surface area contributed by atoms with Crippen molar-refractivity contribution in [2.75, 3.05) is 37.7 Å². The van der Waals surface area contributed by atoms with Gasteiger partial charge in [-0.2, -0.15) is 0 Å². The molecule has 2 N–H and O–H groups in total. The molecule has 0 saturated carbocycles. The smallest absolute Gasteiger partial charge is 0.341 e. The van der Waals surface area contributed by atoms with Gasteiger partial charge in [0.15, 0.2) is 12.4 Å². The predicted octanol–water partition coefficient (Wildman–Crippen LogP) is 6.30. The lowest BCUT2D eigenvalue weighted by molar-refractivity contribution is -0.139. The summed E-state index contributed by atoms with van der Waals surface area (Å²) in [5.41, 5.74) is 2.99. The maximum Gasteiger partial charge on any atom is 0.341 e. The summed E-state index contributed by atoms with van der Waals surface area (Å²) in [5, 5.41) is 18.3. The Morgan fingerprint density at radius 2 is 1.77 bits per heavy atom. The van der Waals surface area contributed by atoms with Gasteiger partial charge in [-0.25, -0.2) is 4.79 Å². The molecule has 2 fully saturated rings. The number of carboxylic acid groups (broad SMARTS) is 1. The molecule has 0 spiro atoms. The van der Waals surface area contributed by atoms with Gasteiger partial charge in [-0.15, -0.1) is 17.0 Å². The number of anilines is 1. The SMILES string of the molecule is Br.CCCC1CN(CC(=O)c2cc(N3CCCC3)c(OCC(=O)O)c(C(C)(C)C)c2)C(=N)C1c1ccccc1. The number of rotatable bonds is 10. The number of ketones is 1. The lowest BCUT2D eigenvalue weighted by Gasteiger charge is -2.29. The fourth-order valence-corrected chi connectivity index (χ4v) is 5.85. The quantitative estimate of drug-likeness (QED) is 0.311. The molecular formula is C31H42BrN3O4. The van der Waals surface area contributed by atoms with Gasteiger partial charge < -0.3 is 19.6 Å². The van der Waals surface area contributed by atoms with Crippen LogP contribution >= 0.6 is 17.0 Å². The zero-order chi connectivity index (χ0) is 27.4. The third-order valence-electron chi connectivity index (χ3n) is 7.70. The molecule has 2 unspecified atom stereocenters. The number of carbonyl (C=O) groups is 2. The van der Waals surface area contributed by atoms with Crippen LogP contribution in [-0.2, 0) is 10.2 Å². The first-order valence-electron chi connectivity index (χ1n) is 13.8. The van der Waals surface area contributed by atoms with Crippen molar-refractivity contribution in [3.63, 3.8) is 0 Å². The molecule has 2 atom stereocenters. The summed E-state index contributed by atoms with van der Waals surface area (Å²) in [7, 11) is 0. The van der Waals surface area contributed by atoms with Crippen molar-refractivity contribution < 1.29 is 19.4 Å². The van der Waals surface area contributed by atoms with Crippen molar-refractivity contribution in [3.8, 4) is 5.75 Å². The highest BCUT2D eigenvalue weighted by Crippen LogP contribution is 2.42. The number of hydrogen-bond donors (Lipinski definition) is 2. The van der Waals surface area contributed by atoms with E-state index in [1.165, 1.54) is 0 Å². The number of Topliss-reactive ketones (excluding diaryl/α,β-unsaturated/α-hetero) is 1. The largest absolute Gasteiger partial charge is 0.479 e. The fourth-order valence-electron chi connectivity index (χ4n) is 5.85. The fraction of sp³-hybridized carbons (Fsp3) is 0.516. The van der Waals surface area contributed by atoms with E-state index >= 15 is 0 Å². The molecule has 2 aliphatic rings. The minimum absolute atomic E-state index is 0. The highest BCUT2D eigenvalue weighted by atomic mass is 79.9. The molecule has 39 heavy (non-hydrogen) atoms. The van der Waals surface area contributed by atoms with Crippen molar-refractivity contribution in [1.29, 1.82) is 5.41 Å². The van der Waals surface area contributed by atoms with Gasteiger partial charge in [-0.05, 0) is 48.3 Å². The van der Waals surface area contributed by atoms with Crippen LogP contribution in [0.25, 0.3) is 0 Å². The standard InChI is InChI=1S/C31H41N3O4.BrH/c1-5-11-22-18-34(30(32)28(22)21-12-7-6-8-13-21)19-26(35)23-16-24(31(2,3)4)29(38-20-27(36)37)25(17-23)33-14-9-10-15-33;/h6-8,12-13,16-17,22,28,32H,5,9-11,14-15,18-20H2,1-4H3,(H,36,37);1H. The highest BCUT2D eigenvalue weighted by molar-refractivity contribution is 8.93. The summed E-state index contributed by atoms with van der Waals surface area (Å²) in [6, 6.07) is 13.9. The zero-order valence-electron chi connectivity index (χ0n) is 23.5. The molecule has 0 aromatic heterocycles. The van der Waals surface area contributed by atoms with Crippen molar-refractivity contribution >= 4 is 40.3 Å². The third-order valence-corrected chi connectivity index (χ3v) is 7.70. The van der Waals surface area contributed by atoms with E-state index in [-0.39, 0.29) is 40.6 Å². The average Bonchev–Trinajstić information content (AvgIpc) is 3.51. The van der Waals surface area contributed by atoms with Gasteiger partial charge in [-0.3, -0.25) is 10.2 Å². The minimum Gasteiger partial charge on any atom is -0.479 e. The number of aliphatic carboxylic acids is 1. The Balaban J connectivity index is 0.00000420. The van der Waals surface area contributed by atoms with Crippen LogP contribution in [0.5, 0.6) is 5.75 Å². The van der Waals surface area contributed by atoms with Crippen LogP contribution in [0.15, 0.2) is 42.5 Å². The van der Waals surface area contributed by atoms with E-state index in [0.29, 0.717) is 29.6 Å². The molecular weight excluding hydrogens is 558 g/mol. The van der Waals surface area contributed by atoms with E-state index in [1.54, 1.807) is 0 Å². The monoisotopic (exact) mass is 599 g/mol. The van der Waals surface area contributed by atoms with E-state index < -0.39 is 12.6 Å². The maximum atomic E-state index is 13.8. The second kappa shape index (κ2) is 13.0. The van der Waals surface area contributed by atoms with Crippen LogP contribution in [0.4, 0.5) is 5.69 Å². The van der Waals surface area contributed by atoms with Crippen LogP contribution in [0.2, 0.25) is 0 Å². The second-order valence-corrected chi connectivity index (χ2v) is 11.6. The number of carbonyl (C=O) groups excluding carboxylic acids is 1. The van der Waals surface area contributed by atoms with Crippen LogP contribution < -0.4 is 9.64 Å². The number of ether oxygens (including phenoxy) is 1. The van der Waals surface area contributed by atoms with Gasteiger partial charge in [0.05, 0.1) is 12.2 Å².